The minimum absolute atomic E-state index is 0.0448. The van der Waals surface area contributed by atoms with Crippen LogP contribution in [0.25, 0.3) is 0 Å². The number of rotatable bonds is 1. The number of anilines is 2. The zero-order chi connectivity index (χ0) is 18.1. The van der Waals surface area contributed by atoms with E-state index in [4.69, 9.17) is 11.5 Å². The first-order valence-electron chi connectivity index (χ1n) is 6.85. The monoisotopic (exact) mass is 336 g/mol. The zero-order valence-corrected chi connectivity index (χ0v) is 13.2. The van der Waals surface area contributed by atoms with Gasteiger partial charge in [-0.25, -0.2) is 4.98 Å². The second-order valence-electron chi connectivity index (χ2n) is 5.60. The van der Waals surface area contributed by atoms with E-state index in [1.165, 1.54) is 6.07 Å². The van der Waals surface area contributed by atoms with Gasteiger partial charge in [-0.3, -0.25) is 0 Å². The molecule has 2 rings (SSSR count). The number of hydrogen-bond donors (Lipinski definition) is 2. The van der Waals surface area contributed by atoms with E-state index in [2.05, 4.69) is 32.0 Å². The second-order valence-corrected chi connectivity index (χ2v) is 5.60. The zero-order valence-electron chi connectivity index (χ0n) is 13.2. The molecule has 0 atom stereocenters. The summed E-state index contributed by atoms with van der Waals surface area (Å²) in [4.78, 5) is 7.81. The third-order valence-electron chi connectivity index (χ3n) is 3.23. The molecule has 4 N–H and O–H groups in total. The Bertz CT molecular complexity index is 793. The molecular weight excluding hydrogens is 321 g/mol. The normalized spacial score (nSPS) is 11.8. The summed E-state index contributed by atoms with van der Waals surface area (Å²) in [7, 11) is 0. The summed E-state index contributed by atoms with van der Waals surface area (Å²) >= 11 is 0. The summed E-state index contributed by atoms with van der Waals surface area (Å²) in [5, 5.41) is 6.84. The van der Waals surface area contributed by atoms with Crippen LogP contribution in [0.15, 0.2) is 12.1 Å². The molecule has 0 aliphatic carbocycles. The first-order chi connectivity index (χ1) is 11.0. The summed E-state index contributed by atoms with van der Waals surface area (Å²) in [5.74, 6) is 5.95. The van der Waals surface area contributed by atoms with E-state index in [0.29, 0.717) is 17.0 Å². The molecule has 0 fully saturated rings. The lowest BCUT2D eigenvalue weighted by atomic mass is 9.89. The topological polar surface area (TPSA) is 104 Å². The highest BCUT2D eigenvalue weighted by atomic mass is 19.4. The van der Waals surface area contributed by atoms with Gasteiger partial charge in [0.1, 0.15) is 5.82 Å². The van der Waals surface area contributed by atoms with Crippen LogP contribution in [0.3, 0.4) is 0 Å². The second kappa shape index (κ2) is 5.96. The number of nitrogen functional groups attached to an aromatic ring is 2. The molecular formula is C15H15F3N6. The number of halogens is 3. The van der Waals surface area contributed by atoms with Gasteiger partial charge in [0, 0.05) is 0 Å². The Morgan fingerprint density at radius 2 is 1.58 bits per heavy atom. The molecule has 9 heteroatoms. The average molecular weight is 336 g/mol. The molecule has 0 aliphatic heterocycles. The van der Waals surface area contributed by atoms with Crippen molar-refractivity contribution in [2.75, 3.05) is 11.5 Å². The molecule has 0 saturated carbocycles. The molecule has 2 aromatic rings. The Balaban J connectivity index is 2.36. The fraction of sp³-hybridized carbons (Fsp3) is 0.333. The summed E-state index contributed by atoms with van der Waals surface area (Å²) in [6.07, 6.45) is -4.53. The van der Waals surface area contributed by atoms with E-state index >= 15 is 0 Å². The van der Waals surface area contributed by atoms with Crippen molar-refractivity contribution in [2.45, 2.75) is 32.4 Å². The van der Waals surface area contributed by atoms with Gasteiger partial charge >= 0.3 is 6.18 Å². The summed E-state index contributed by atoms with van der Waals surface area (Å²) < 4.78 is 37.6. The molecule has 0 aliphatic rings. The standard InChI is InChI=1S/C15H15F3N6/c1-8-9(12(19)22-13(20)21-8)6-7-14(2,3)10-4-5-11(24-23-10)15(16,17)18/h4-5H,1-3H3,(H4,19,20,21,22). The number of nitrogens with two attached hydrogens (primary N) is 2. The van der Waals surface area contributed by atoms with Gasteiger partial charge < -0.3 is 11.5 Å². The fourth-order valence-corrected chi connectivity index (χ4v) is 1.87. The van der Waals surface area contributed by atoms with Gasteiger partial charge in [-0.2, -0.15) is 23.3 Å². The highest BCUT2D eigenvalue weighted by Gasteiger charge is 2.33. The number of hydrogen-bond acceptors (Lipinski definition) is 6. The lowest BCUT2D eigenvalue weighted by Gasteiger charge is -2.16. The van der Waals surface area contributed by atoms with Crippen molar-refractivity contribution >= 4 is 11.8 Å². The Kier molecular flexibility index (Phi) is 4.34. The maximum atomic E-state index is 12.5. The van der Waals surface area contributed by atoms with Gasteiger partial charge in [-0.1, -0.05) is 11.8 Å². The molecule has 2 aromatic heterocycles. The van der Waals surface area contributed by atoms with E-state index in [1.54, 1.807) is 20.8 Å². The number of aromatic nitrogens is 4. The number of alkyl halides is 3. The molecule has 6 nitrogen and oxygen atoms in total. The van der Waals surface area contributed by atoms with Crippen molar-refractivity contribution in [1.82, 2.24) is 20.2 Å². The minimum atomic E-state index is -4.53. The number of aryl methyl sites for hydroxylation is 1. The van der Waals surface area contributed by atoms with Crippen LogP contribution in [0.1, 0.15) is 36.5 Å². The maximum absolute atomic E-state index is 12.5. The molecule has 0 bridgehead atoms. The summed E-state index contributed by atoms with van der Waals surface area (Å²) in [6.45, 7) is 5.10. The van der Waals surface area contributed by atoms with E-state index in [-0.39, 0.29) is 11.8 Å². The minimum Gasteiger partial charge on any atom is -0.382 e. The third kappa shape index (κ3) is 3.71. The predicted octanol–water partition coefficient (Wildman–Crippen LogP) is 2.09. The van der Waals surface area contributed by atoms with Crippen molar-refractivity contribution in [3.63, 3.8) is 0 Å². The van der Waals surface area contributed by atoms with Gasteiger partial charge in [0.2, 0.25) is 5.95 Å². The van der Waals surface area contributed by atoms with Gasteiger partial charge in [0.05, 0.1) is 22.4 Å². The summed E-state index contributed by atoms with van der Waals surface area (Å²) in [5.41, 5.74) is 10.6. The van der Waals surface area contributed by atoms with Crippen molar-refractivity contribution in [1.29, 1.82) is 0 Å². The van der Waals surface area contributed by atoms with Crippen molar-refractivity contribution in [3.05, 3.63) is 34.8 Å². The van der Waals surface area contributed by atoms with Crippen LogP contribution in [-0.4, -0.2) is 20.2 Å². The highest BCUT2D eigenvalue weighted by Crippen LogP contribution is 2.28. The molecule has 24 heavy (non-hydrogen) atoms. The van der Waals surface area contributed by atoms with E-state index < -0.39 is 17.3 Å². The highest BCUT2D eigenvalue weighted by molar-refractivity contribution is 5.56. The van der Waals surface area contributed by atoms with Gasteiger partial charge in [-0.05, 0) is 32.9 Å². The molecule has 0 spiro atoms. The van der Waals surface area contributed by atoms with Crippen LogP contribution in [0.5, 0.6) is 0 Å². The molecule has 2 heterocycles. The Labute approximate surface area is 136 Å². The molecule has 0 aromatic carbocycles. The smallest absolute Gasteiger partial charge is 0.382 e. The molecule has 126 valence electrons. The summed E-state index contributed by atoms with van der Waals surface area (Å²) in [6, 6.07) is 2.12. The quantitative estimate of drug-likeness (QED) is 0.773. The molecule has 0 radical (unpaired) electrons. The van der Waals surface area contributed by atoms with Gasteiger partial charge in [-0.15, -0.1) is 5.10 Å². The SMILES string of the molecule is Cc1nc(N)nc(N)c1C#CC(C)(C)c1ccc(C(F)(F)F)nn1. The Morgan fingerprint density at radius 1 is 1.00 bits per heavy atom. The number of nitrogens with zero attached hydrogens (tertiary/aromatic N) is 4. The van der Waals surface area contributed by atoms with Crippen LogP contribution in [0, 0.1) is 18.8 Å². The fourth-order valence-electron chi connectivity index (χ4n) is 1.87. The van der Waals surface area contributed by atoms with Gasteiger partial charge in [0.15, 0.2) is 5.69 Å². The first kappa shape index (κ1) is 17.5. The van der Waals surface area contributed by atoms with E-state index in [1.807, 2.05) is 0 Å². The Hall–Kier alpha value is -2.89. The van der Waals surface area contributed by atoms with Crippen LogP contribution < -0.4 is 11.5 Å². The lowest BCUT2D eigenvalue weighted by Crippen LogP contribution is -2.19. The average Bonchev–Trinajstić information content (AvgIpc) is 2.45. The Morgan fingerprint density at radius 3 is 2.08 bits per heavy atom. The van der Waals surface area contributed by atoms with Crippen LogP contribution in [0.4, 0.5) is 24.9 Å². The van der Waals surface area contributed by atoms with E-state index in [9.17, 15) is 13.2 Å². The lowest BCUT2D eigenvalue weighted by molar-refractivity contribution is -0.141. The molecule has 0 saturated heterocycles. The van der Waals surface area contributed by atoms with E-state index in [0.717, 1.165) is 6.07 Å². The van der Waals surface area contributed by atoms with Crippen molar-refractivity contribution in [3.8, 4) is 11.8 Å². The van der Waals surface area contributed by atoms with Crippen molar-refractivity contribution in [2.24, 2.45) is 0 Å². The predicted molar refractivity (Wildman–Crippen MR) is 82.5 cm³/mol. The molecule has 0 amide bonds. The largest absolute Gasteiger partial charge is 0.435 e. The molecule has 0 unspecified atom stereocenters. The maximum Gasteiger partial charge on any atom is 0.435 e. The third-order valence-corrected chi connectivity index (χ3v) is 3.23. The van der Waals surface area contributed by atoms with Crippen LogP contribution in [0.2, 0.25) is 0 Å². The van der Waals surface area contributed by atoms with Crippen LogP contribution >= 0.6 is 0 Å². The van der Waals surface area contributed by atoms with Crippen LogP contribution in [-0.2, 0) is 11.6 Å². The van der Waals surface area contributed by atoms with Crippen molar-refractivity contribution < 1.29 is 13.2 Å². The van der Waals surface area contributed by atoms with Gasteiger partial charge in [0.25, 0.3) is 0 Å². The first-order valence-corrected chi connectivity index (χ1v) is 6.85.